The average Bonchev–Trinajstić information content (AvgIpc) is 2.35. The van der Waals surface area contributed by atoms with Gasteiger partial charge in [0.25, 0.3) is 0 Å². The number of hydrogen-bond acceptors (Lipinski definition) is 5. The van der Waals surface area contributed by atoms with E-state index in [9.17, 15) is 9.50 Å². The first-order valence-electron chi connectivity index (χ1n) is 4.43. The smallest absolute Gasteiger partial charge is 0.163 e. The largest absolute Gasteiger partial charge is 0.506 e. The third kappa shape index (κ3) is 2.68. The molecule has 0 spiro atoms. The fourth-order valence-corrected chi connectivity index (χ4v) is 1.21. The van der Waals surface area contributed by atoms with Crippen LogP contribution in [0.25, 0.3) is 0 Å². The summed E-state index contributed by atoms with van der Waals surface area (Å²) in [5.74, 6) is -1.23. The van der Waals surface area contributed by atoms with Gasteiger partial charge in [-0.05, 0) is 0 Å². The molecule has 0 aliphatic carbocycles. The van der Waals surface area contributed by atoms with Gasteiger partial charge in [0.2, 0.25) is 0 Å². The molecule has 0 heterocycles. The molecular weight excluding hydrogens is 259 g/mol. The van der Waals surface area contributed by atoms with Crippen molar-refractivity contribution in [3.63, 3.8) is 0 Å². The van der Waals surface area contributed by atoms with Gasteiger partial charge in [-0.15, -0.1) is 0 Å². The van der Waals surface area contributed by atoms with E-state index in [1.165, 1.54) is 12.1 Å². The number of nitriles is 3. The van der Waals surface area contributed by atoms with Crippen LogP contribution in [-0.2, 0) is 0 Å². The number of phenolic OH excluding ortho intramolecular Hbond substituents is 1. The van der Waals surface area contributed by atoms with Crippen LogP contribution in [0.15, 0.2) is 23.4 Å². The molecule has 0 amide bonds. The highest BCUT2D eigenvalue weighted by molar-refractivity contribution is 6.31. The molecule has 0 bridgehead atoms. The Morgan fingerprint density at radius 1 is 1.22 bits per heavy atom. The van der Waals surface area contributed by atoms with Gasteiger partial charge in [-0.25, -0.2) is 4.39 Å². The topological polar surface area (TPSA) is 104 Å². The van der Waals surface area contributed by atoms with Crippen LogP contribution in [0.4, 0.5) is 10.1 Å². The average molecular weight is 263 g/mol. The van der Waals surface area contributed by atoms with Crippen molar-refractivity contribution < 1.29 is 9.50 Å². The molecule has 0 saturated carbocycles. The van der Waals surface area contributed by atoms with E-state index in [4.69, 9.17) is 27.4 Å². The van der Waals surface area contributed by atoms with Crippen molar-refractivity contribution in [3.8, 4) is 24.0 Å². The van der Waals surface area contributed by atoms with Gasteiger partial charge in [-0.1, -0.05) is 11.6 Å². The minimum absolute atomic E-state index is 0.170. The second kappa shape index (κ2) is 5.54. The summed E-state index contributed by atoms with van der Waals surface area (Å²) in [6.45, 7) is 0. The van der Waals surface area contributed by atoms with Crippen LogP contribution in [0.5, 0.6) is 5.75 Å². The predicted octanol–water partition coefficient (Wildman–Crippen LogP) is 2.42. The van der Waals surface area contributed by atoms with Gasteiger partial charge in [-0.3, -0.25) is 0 Å². The normalized spacial score (nSPS) is 8.61. The minimum atomic E-state index is -0.815. The first kappa shape index (κ1) is 13.3. The maximum Gasteiger partial charge on any atom is 0.163 e. The van der Waals surface area contributed by atoms with Gasteiger partial charge in [0.05, 0.1) is 10.7 Å². The third-order valence-corrected chi connectivity index (χ3v) is 2.17. The Hall–Kier alpha value is -2.75. The molecule has 0 aliphatic rings. The van der Waals surface area contributed by atoms with Gasteiger partial charge in [0, 0.05) is 12.1 Å². The van der Waals surface area contributed by atoms with E-state index in [0.717, 1.165) is 12.1 Å². The van der Waals surface area contributed by atoms with Gasteiger partial charge < -0.3 is 10.4 Å². The lowest BCUT2D eigenvalue weighted by atomic mass is 10.2. The lowest BCUT2D eigenvalue weighted by Gasteiger charge is -2.07. The van der Waals surface area contributed by atoms with Crippen LogP contribution in [0.3, 0.4) is 0 Å². The molecule has 88 valence electrons. The number of anilines is 1. The zero-order chi connectivity index (χ0) is 13.7. The number of aromatic hydroxyl groups is 1. The molecule has 1 aromatic carbocycles. The molecule has 0 fully saturated rings. The highest BCUT2D eigenvalue weighted by Crippen LogP contribution is 2.30. The molecule has 0 radical (unpaired) electrons. The van der Waals surface area contributed by atoms with Crippen LogP contribution in [0, 0.1) is 39.8 Å². The second-order valence-corrected chi connectivity index (χ2v) is 3.40. The van der Waals surface area contributed by atoms with E-state index < -0.39 is 22.8 Å². The molecule has 1 rings (SSSR count). The number of halogens is 2. The molecule has 0 saturated heterocycles. The number of benzene rings is 1. The molecule has 0 unspecified atom stereocenters. The van der Waals surface area contributed by atoms with Gasteiger partial charge in [0.1, 0.15) is 35.5 Å². The van der Waals surface area contributed by atoms with E-state index in [1.54, 1.807) is 6.07 Å². The van der Waals surface area contributed by atoms with E-state index in [0.29, 0.717) is 0 Å². The van der Waals surface area contributed by atoms with Crippen molar-refractivity contribution >= 4 is 17.3 Å². The van der Waals surface area contributed by atoms with E-state index in [1.807, 2.05) is 0 Å². The summed E-state index contributed by atoms with van der Waals surface area (Å²) in [5, 5.41) is 37.4. The highest BCUT2D eigenvalue weighted by atomic mass is 35.5. The summed E-state index contributed by atoms with van der Waals surface area (Å²) in [5.41, 5.74) is -1.04. The SMILES string of the molecule is N#CC(C#N)=C(C#N)Nc1cc(F)c(Cl)cc1O. The zero-order valence-electron chi connectivity index (χ0n) is 8.70. The lowest BCUT2D eigenvalue weighted by Crippen LogP contribution is -2.01. The molecule has 0 aromatic heterocycles. The number of hydrogen-bond donors (Lipinski definition) is 2. The Kier molecular flexibility index (Phi) is 4.10. The van der Waals surface area contributed by atoms with E-state index in [-0.39, 0.29) is 10.7 Å². The number of phenols is 1. The van der Waals surface area contributed by atoms with E-state index >= 15 is 0 Å². The summed E-state index contributed by atoms with van der Waals surface area (Å²) >= 11 is 5.43. The summed E-state index contributed by atoms with van der Waals surface area (Å²) < 4.78 is 13.2. The Balaban J connectivity index is 3.26. The van der Waals surface area contributed by atoms with Crippen molar-refractivity contribution in [2.45, 2.75) is 0 Å². The summed E-state index contributed by atoms with van der Waals surface area (Å²) in [4.78, 5) is 0. The van der Waals surface area contributed by atoms with Crippen LogP contribution in [0.1, 0.15) is 0 Å². The van der Waals surface area contributed by atoms with Crippen molar-refractivity contribution in [3.05, 3.63) is 34.2 Å². The van der Waals surface area contributed by atoms with Crippen molar-refractivity contribution in [1.82, 2.24) is 0 Å². The van der Waals surface area contributed by atoms with Gasteiger partial charge in [-0.2, -0.15) is 15.8 Å². The van der Waals surface area contributed by atoms with Crippen LogP contribution >= 0.6 is 11.6 Å². The quantitative estimate of drug-likeness (QED) is 0.629. The molecule has 18 heavy (non-hydrogen) atoms. The first-order valence-corrected chi connectivity index (χ1v) is 4.81. The third-order valence-electron chi connectivity index (χ3n) is 1.88. The molecule has 0 atom stereocenters. The van der Waals surface area contributed by atoms with Gasteiger partial charge >= 0.3 is 0 Å². The molecule has 7 heteroatoms. The fraction of sp³-hybridized carbons (Fsp3) is 0. The Bertz CT molecular complexity index is 633. The first-order chi connectivity index (χ1) is 8.53. The number of rotatable bonds is 2. The standard InChI is InChI=1S/C11H4ClFN4O/c12-7-1-11(18)9(2-8(7)13)17-10(5-16)6(3-14)4-15/h1-2,17-18H. The van der Waals surface area contributed by atoms with Crippen LogP contribution in [0.2, 0.25) is 5.02 Å². The van der Waals surface area contributed by atoms with Crippen LogP contribution in [-0.4, -0.2) is 5.11 Å². The lowest BCUT2D eigenvalue weighted by molar-refractivity contribution is 0.475. The summed E-state index contributed by atoms with van der Waals surface area (Å²) in [7, 11) is 0. The minimum Gasteiger partial charge on any atom is -0.506 e. The molecule has 1 aromatic rings. The summed E-state index contributed by atoms with van der Waals surface area (Å²) in [6, 6.07) is 6.36. The fourth-order valence-electron chi connectivity index (χ4n) is 1.05. The van der Waals surface area contributed by atoms with E-state index in [2.05, 4.69) is 5.32 Å². The molecule has 2 N–H and O–H groups in total. The predicted molar refractivity (Wildman–Crippen MR) is 60.6 cm³/mol. The maximum atomic E-state index is 13.2. The van der Waals surface area contributed by atoms with Crippen molar-refractivity contribution in [1.29, 1.82) is 15.8 Å². The monoisotopic (exact) mass is 262 g/mol. The number of nitrogens with one attached hydrogen (secondary N) is 1. The number of nitrogens with zero attached hydrogens (tertiary/aromatic N) is 3. The summed E-state index contributed by atoms with van der Waals surface area (Å²) in [6.07, 6.45) is 0. The second-order valence-electron chi connectivity index (χ2n) is 2.99. The van der Waals surface area contributed by atoms with Crippen molar-refractivity contribution in [2.24, 2.45) is 0 Å². The number of allylic oxidation sites excluding steroid dienone is 2. The zero-order valence-corrected chi connectivity index (χ0v) is 9.46. The Morgan fingerprint density at radius 3 is 2.33 bits per heavy atom. The van der Waals surface area contributed by atoms with Crippen LogP contribution < -0.4 is 5.32 Å². The molecule has 5 nitrogen and oxygen atoms in total. The molecule has 0 aliphatic heterocycles. The van der Waals surface area contributed by atoms with Gasteiger partial charge in [0.15, 0.2) is 5.57 Å². The Morgan fingerprint density at radius 2 is 1.83 bits per heavy atom. The van der Waals surface area contributed by atoms with Crippen molar-refractivity contribution in [2.75, 3.05) is 5.32 Å². The maximum absolute atomic E-state index is 13.2. The Labute approximate surface area is 107 Å². The highest BCUT2D eigenvalue weighted by Gasteiger charge is 2.11. The molecular formula is C11H4ClFN4O.